The van der Waals surface area contributed by atoms with E-state index in [1.54, 1.807) is 5.92 Å². The zero-order chi connectivity index (χ0) is 9.56. The van der Waals surface area contributed by atoms with Crippen molar-refractivity contribution in [1.29, 1.82) is 0 Å². The van der Waals surface area contributed by atoms with Gasteiger partial charge in [-0.2, -0.15) is 0 Å². The van der Waals surface area contributed by atoms with E-state index >= 15 is 0 Å². The molecule has 0 spiro atoms. The molecule has 0 saturated heterocycles. The summed E-state index contributed by atoms with van der Waals surface area (Å²) >= 11 is 0. The minimum atomic E-state index is 0.860. The van der Waals surface area contributed by atoms with Gasteiger partial charge in [0.05, 0.1) is 0 Å². The maximum absolute atomic E-state index is 2.31. The van der Waals surface area contributed by atoms with Gasteiger partial charge in [0.25, 0.3) is 0 Å². The van der Waals surface area contributed by atoms with Crippen molar-refractivity contribution in [3.63, 3.8) is 0 Å². The van der Waals surface area contributed by atoms with Crippen LogP contribution < -0.4 is 0 Å². The molecule has 0 atom stereocenters. The van der Waals surface area contributed by atoms with Crippen LogP contribution in [0, 0.1) is 17.8 Å². The van der Waals surface area contributed by atoms with Gasteiger partial charge in [0.1, 0.15) is 0 Å². The second-order valence-electron chi connectivity index (χ2n) is 4.82. The van der Waals surface area contributed by atoms with Gasteiger partial charge in [0, 0.05) is 0 Å². The van der Waals surface area contributed by atoms with Crippen molar-refractivity contribution >= 4 is 0 Å². The Kier molecular flexibility index (Phi) is 6.51. The summed E-state index contributed by atoms with van der Waals surface area (Å²) in [5.74, 6) is 3.41. The van der Waals surface area contributed by atoms with E-state index in [-0.39, 0.29) is 0 Å². The first-order valence-electron chi connectivity index (χ1n) is 5.33. The highest BCUT2D eigenvalue weighted by atomic mass is 14.1. The number of hydrogen-bond donors (Lipinski definition) is 0. The largest absolute Gasteiger partial charge is 0.0628 e. The Morgan fingerprint density at radius 2 is 1.17 bits per heavy atom. The lowest BCUT2D eigenvalue weighted by Gasteiger charge is -2.13. The van der Waals surface area contributed by atoms with E-state index in [1.807, 2.05) is 0 Å². The van der Waals surface area contributed by atoms with Crippen molar-refractivity contribution in [1.82, 2.24) is 0 Å². The van der Waals surface area contributed by atoms with Crippen LogP contribution in [0.15, 0.2) is 0 Å². The SMILES string of the molecule is C[C](CCC(C)C)CCC(C)C. The van der Waals surface area contributed by atoms with Crippen LogP contribution in [0.5, 0.6) is 0 Å². The summed E-state index contributed by atoms with van der Waals surface area (Å²) in [7, 11) is 0. The Labute approximate surface area is 78.8 Å². The van der Waals surface area contributed by atoms with E-state index in [2.05, 4.69) is 34.6 Å². The molecule has 0 rings (SSSR count). The van der Waals surface area contributed by atoms with Gasteiger partial charge in [0.15, 0.2) is 0 Å². The molecule has 1 radical (unpaired) electrons. The normalized spacial score (nSPS) is 12.0. The van der Waals surface area contributed by atoms with Crippen LogP contribution in [0.25, 0.3) is 0 Å². The fourth-order valence-electron chi connectivity index (χ4n) is 1.20. The molecular weight excluding hydrogens is 144 g/mol. The van der Waals surface area contributed by atoms with Gasteiger partial charge in [-0.3, -0.25) is 0 Å². The lowest BCUT2D eigenvalue weighted by molar-refractivity contribution is 0.509. The standard InChI is InChI=1S/C12H25/c1-10(2)6-8-12(5)9-7-11(3)4/h10-11H,6-9H2,1-5H3. The molecule has 0 bridgehead atoms. The van der Waals surface area contributed by atoms with Gasteiger partial charge >= 0.3 is 0 Å². The highest BCUT2D eigenvalue weighted by Gasteiger charge is 2.05. The lowest BCUT2D eigenvalue weighted by atomic mass is 9.93. The molecule has 0 aromatic rings. The second kappa shape index (κ2) is 6.51. The molecule has 0 aliphatic rings. The Morgan fingerprint density at radius 1 is 0.833 bits per heavy atom. The summed E-state index contributed by atoms with van der Waals surface area (Å²) in [6, 6.07) is 0. The van der Waals surface area contributed by atoms with Gasteiger partial charge < -0.3 is 0 Å². The quantitative estimate of drug-likeness (QED) is 0.551. The molecule has 0 aromatic heterocycles. The third-order valence-corrected chi connectivity index (χ3v) is 2.30. The minimum absolute atomic E-state index is 0.860. The fraction of sp³-hybridized carbons (Fsp3) is 0.917. The van der Waals surface area contributed by atoms with Gasteiger partial charge in [0.2, 0.25) is 0 Å². The molecule has 0 heterocycles. The Morgan fingerprint density at radius 3 is 1.42 bits per heavy atom. The highest BCUT2D eigenvalue weighted by molar-refractivity contribution is 4.83. The molecule has 12 heavy (non-hydrogen) atoms. The number of hydrogen-bond acceptors (Lipinski definition) is 0. The Balaban J connectivity index is 3.27. The van der Waals surface area contributed by atoms with Crippen LogP contribution in [0.2, 0.25) is 0 Å². The molecule has 0 saturated carbocycles. The minimum Gasteiger partial charge on any atom is -0.0628 e. The monoisotopic (exact) mass is 169 g/mol. The van der Waals surface area contributed by atoms with Crippen LogP contribution in [0.1, 0.15) is 60.3 Å². The van der Waals surface area contributed by atoms with Crippen molar-refractivity contribution in [2.45, 2.75) is 60.3 Å². The molecule has 0 unspecified atom stereocenters. The highest BCUT2D eigenvalue weighted by Crippen LogP contribution is 2.20. The third-order valence-electron chi connectivity index (χ3n) is 2.30. The first-order chi connectivity index (χ1) is 5.52. The summed E-state index contributed by atoms with van der Waals surface area (Å²) in [4.78, 5) is 0. The first kappa shape index (κ1) is 12.0. The lowest BCUT2D eigenvalue weighted by Crippen LogP contribution is -1.98. The predicted octanol–water partition coefficient (Wildman–Crippen LogP) is 4.45. The number of rotatable bonds is 6. The topological polar surface area (TPSA) is 0 Å². The predicted molar refractivity (Wildman–Crippen MR) is 57.1 cm³/mol. The summed E-state index contributed by atoms with van der Waals surface area (Å²) in [5, 5.41) is 0. The molecule has 0 N–H and O–H groups in total. The van der Waals surface area contributed by atoms with Gasteiger partial charge in [-0.25, -0.2) is 0 Å². The molecule has 0 nitrogen and oxygen atoms in total. The van der Waals surface area contributed by atoms with Gasteiger partial charge in [-0.05, 0) is 30.6 Å². The Hall–Kier alpha value is 0. The van der Waals surface area contributed by atoms with E-state index in [1.165, 1.54) is 25.7 Å². The van der Waals surface area contributed by atoms with E-state index in [4.69, 9.17) is 0 Å². The Bertz CT molecular complexity index is 80.2. The molecule has 73 valence electrons. The second-order valence-corrected chi connectivity index (χ2v) is 4.82. The van der Waals surface area contributed by atoms with Crippen LogP contribution in [0.3, 0.4) is 0 Å². The van der Waals surface area contributed by atoms with Crippen LogP contribution >= 0.6 is 0 Å². The molecule has 0 aromatic carbocycles. The zero-order valence-electron chi connectivity index (χ0n) is 9.48. The van der Waals surface area contributed by atoms with E-state index in [0.29, 0.717) is 0 Å². The van der Waals surface area contributed by atoms with E-state index in [0.717, 1.165) is 11.8 Å². The maximum Gasteiger partial charge on any atom is -0.0272 e. The molecule has 0 amide bonds. The van der Waals surface area contributed by atoms with Crippen molar-refractivity contribution in [3.05, 3.63) is 5.92 Å². The molecule has 0 aliphatic heterocycles. The summed E-state index contributed by atoms with van der Waals surface area (Å²) in [5.41, 5.74) is 0. The van der Waals surface area contributed by atoms with Crippen molar-refractivity contribution < 1.29 is 0 Å². The average molecular weight is 169 g/mol. The van der Waals surface area contributed by atoms with Crippen molar-refractivity contribution in [2.75, 3.05) is 0 Å². The summed E-state index contributed by atoms with van der Waals surface area (Å²) in [6.45, 7) is 11.5. The molecule has 0 fully saturated rings. The zero-order valence-corrected chi connectivity index (χ0v) is 9.48. The smallest absolute Gasteiger partial charge is 0.0272 e. The van der Waals surface area contributed by atoms with Crippen LogP contribution in [0.4, 0.5) is 0 Å². The molecular formula is C12H25. The summed E-state index contributed by atoms with van der Waals surface area (Å²) in [6.07, 6.45) is 5.41. The van der Waals surface area contributed by atoms with Gasteiger partial charge in [-0.15, -0.1) is 0 Å². The first-order valence-corrected chi connectivity index (χ1v) is 5.33. The molecule has 0 heteroatoms. The van der Waals surface area contributed by atoms with E-state index in [9.17, 15) is 0 Å². The van der Waals surface area contributed by atoms with Crippen molar-refractivity contribution in [2.24, 2.45) is 11.8 Å². The third kappa shape index (κ3) is 8.10. The van der Waals surface area contributed by atoms with Gasteiger partial charge in [-0.1, -0.05) is 47.5 Å². The maximum atomic E-state index is 2.31. The van der Waals surface area contributed by atoms with Crippen molar-refractivity contribution in [3.8, 4) is 0 Å². The van der Waals surface area contributed by atoms with Crippen LogP contribution in [-0.4, -0.2) is 0 Å². The fourth-order valence-corrected chi connectivity index (χ4v) is 1.20. The summed E-state index contributed by atoms with van der Waals surface area (Å²) < 4.78 is 0. The molecule has 0 aliphatic carbocycles. The van der Waals surface area contributed by atoms with E-state index < -0.39 is 0 Å². The average Bonchev–Trinajstić information content (AvgIpc) is 1.96. The van der Waals surface area contributed by atoms with Crippen LogP contribution in [-0.2, 0) is 0 Å².